The van der Waals surface area contributed by atoms with Gasteiger partial charge in [0.25, 0.3) is 0 Å². The largest absolute Gasteiger partial charge is 0.506 e. The zero-order valence-electron chi connectivity index (χ0n) is 20.0. The molecule has 36 heavy (non-hydrogen) atoms. The van der Waals surface area contributed by atoms with E-state index in [1.807, 2.05) is 6.92 Å². The van der Waals surface area contributed by atoms with Crippen molar-refractivity contribution in [1.82, 2.24) is 0 Å². The molecule has 10 heteroatoms. The highest BCUT2D eigenvalue weighted by Gasteiger charge is 2.34. The van der Waals surface area contributed by atoms with E-state index in [9.17, 15) is 19.1 Å². The second-order valence-electron chi connectivity index (χ2n) is 7.56. The third-order valence-corrected chi connectivity index (χ3v) is 6.64. The summed E-state index contributed by atoms with van der Waals surface area (Å²) in [6, 6.07) is 9.39. The molecule has 0 spiro atoms. The first-order chi connectivity index (χ1) is 17.3. The highest BCUT2D eigenvalue weighted by atomic mass is 79.9. The van der Waals surface area contributed by atoms with Crippen molar-refractivity contribution in [2.75, 3.05) is 13.7 Å². The Labute approximate surface area is 221 Å². The van der Waals surface area contributed by atoms with E-state index in [2.05, 4.69) is 20.9 Å². The van der Waals surface area contributed by atoms with Crippen molar-refractivity contribution in [2.45, 2.75) is 33.3 Å². The molecule has 1 heterocycles. The number of benzene rings is 2. The molecule has 2 aromatic carbocycles. The van der Waals surface area contributed by atoms with Gasteiger partial charge in [0.1, 0.15) is 28.8 Å². The van der Waals surface area contributed by atoms with Gasteiger partial charge < -0.3 is 19.3 Å². The standard InChI is InChI=1S/C26H25BrFNO6S/c1-4-6-22(30)29-25-23(26(32)34-5-2)24(31)21(36-25)12-16-11-19(33-3)20(13-18(16)27)35-14-15-7-9-17(28)10-8-15/h7-13,31H,4-6,14H2,1-3H3/b21-12-,29-25?. The minimum Gasteiger partial charge on any atom is -0.506 e. The van der Waals surface area contributed by atoms with Crippen molar-refractivity contribution < 1.29 is 33.3 Å². The van der Waals surface area contributed by atoms with Crippen molar-refractivity contribution in [3.63, 3.8) is 0 Å². The summed E-state index contributed by atoms with van der Waals surface area (Å²) in [6.07, 6.45) is 2.47. The minimum absolute atomic E-state index is 0.0954. The van der Waals surface area contributed by atoms with Crippen LogP contribution in [0.2, 0.25) is 0 Å². The molecular weight excluding hydrogens is 553 g/mol. The summed E-state index contributed by atoms with van der Waals surface area (Å²) in [5, 5.41) is 10.9. The Hall–Kier alpha value is -3.11. The molecule has 1 aliphatic heterocycles. The van der Waals surface area contributed by atoms with Crippen LogP contribution in [0.3, 0.4) is 0 Å². The molecule has 0 saturated carbocycles. The van der Waals surface area contributed by atoms with E-state index in [0.29, 0.717) is 32.9 Å². The first kappa shape index (κ1) is 27.5. The number of rotatable bonds is 9. The van der Waals surface area contributed by atoms with E-state index < -0.39 is 5.97 Å². The maximum atomic E-state index is 13.1. The second kappa shape index (κ2) is 12.7. The maximum absolute atomic E-state index is 13.1. The number of carbonyl (C=O) groups excluding carboxylic acids is 2. The number of methoxy groups -OCH3 is 1. The van der Waals surface area contributed by atoms with Gasteiger partial charge in [-0.05, 0) is 54.8 Å². The molecule has 0 radical (unpaired) electrons. The number of halogens is 2. The Balaban J connectivity index is 1.93. The average molecular weight is 578 g/mol. The van der Waals surface area contributed by atoms with Gasteiger partial charge in [0.2, 0.25) is 5.91 Å². The Morgan fingerprint density at radius 2 is 1.89 bits per heavy atom. The van der Waals surface area contributed by atoms with Gasteiger partial charge in [-0.15, -0.1) is 0 Å². The van der Waals surface area contributed by atoms with Gasteiger partial charge in [0, 0.05) is 10.9 Å². The number of aliphatic imine (C=N–C) groups is 1. The van der Waals surface area contributed by atoms with Gasteiger partial charge in [-0.25, -0.2) is 14.2 Å². The molecule has 0 fully saturated rings. The van der Waals surface area contributed by atoms with E-state index in [0.717, 1.165) is 17.3 Å². The minimum atomic E-state index is -0.755. The number of aliphatic hydroxyl groups excluding tert-OH is 1. The Morgan fingerprint density at radius 3 is 2.53 bits per heavy atom. The van der Waals surface area contributed by atoms with E-state index in [4.69, 9.17) is 14.2 Å². The number of esters is 1. The van der Waals surface area contributed by atoms with Crippen LogP contribution in [0, 0.1) is 5.82 Å². The van der Waals surface area contributed by atoms with Crippen molar-refractivity contribution in [1.29, 1.82) is 0 Å². The zero-order valence-corrected chi connectivity index (χ0v) is 22.4. The molecule has 0 bridgehead atoms. The number of nitrogens with zero attached hydrogens (tertiary/aromatic N) is 1. The predicted molar refractivity (Wildman–Crippen MR) is 141 cm³/mol. The first-order valence-electron chi connectivity index (χ1n) is 11.1. The molecule has 7 nitrogen and oxygen atoms in total. The summed E-state index contributed by atoms with van der Waals surface area (Å²) < 4.78 is 30.2. The van der Waals surface area contributed by atoms with Crippen LogP contribution in [-0.4, -0.2) is 35.7 Å². The molecule has 1 amide bonds. The van der Waals surface area contributed by atoms with Crippen LogP contribution in [0.25, 0.3) is 6.08 Å². The lowest BCUT2D eigenvalue weighted by atomic mass is 10.1. The van der Waals surface area contributed by atoms with Crippen LogP contribution in [0.15, 0.2) is 62.1 Å². The summed E-state index contributed by atoms with van der Waals surface area (Å²) >= 11 is 4.51. The van der Waals surface area contributed by atoms with Crippen LogP contribution < -0.4 is 9.47 Å². The number of ether oxygens (including phenoxy) is 3. The fourth-order valence-electron chi connectivity index (χ4n) is 3.19. The maximum Gasteiger partial charge on any atom is 0.344 e. The predicted octanol–water partition coefficient (Wildman–Crippen LogP) is 6.36. The fraction of sp³-hybridized carbons (Fsp3) is 0.269. The van der Waals surface area contributed by atoms with Crippen LogP contribution in [0.4, 0.5) is 4.39 Å². The zero-order chi connectivity index (χ0) is 26.2. The Kier molecular flexibility index (Phi) is 9.72. The molecule has 0 atom stereocenters. The number of hydrogen-bond donors (Lipinski definition) is 1. The molecule has 0 aliphatic carbocycles. The van der Waals surface area contributed by atoms with Crippen LogP contribution in [0.1, 0.15) is 37.8 Å². The molecule has 1 N–H and O–H groups in total. The number of carbonyl (C=O) groups is 2. The van der Waals surface area contributed by atoms with Crippen molar-refractivity contribution in [3.05, 3.63) is 74.1 Å². The molecular formula is C26H25BrFNO6S. The van der Waals surface area contributed by atoms with Gasteiger partial charge in [-0.3, -0.25) is 4.79 Å². The number of thioether (sulfide) groups is 1. The third kappa shape index (κ3) is 6.76. The molecule has 2 aromatic rings. The average Bonchev–Trinajstić information content (AvgIpc) is 3.14. The van der Waals surface area contributed by atoms with Gasteiger partial charge in [0.05, 0.1) is 18.6 Å². The number of hydrogen-bond acceptors (Lipinski definition) is 7. The summed E-state index contributed by atoms with van der Waals surface area (Å²) in [6.45, 7) is 3.81. The summed E-state index contributed by atoms with van der Waals surface area (Å²) in [5.41, 5.74) is 1.27. The van der Waals surface area contributed by atoms with Crippen molar-refractivity contribution in [2.24, 2.45) is 4.99 Å². The topological polar surface area (TPSA) is 94.4 Å². The number of amides is 1. The molecule has 0 aromatic heterocycles. The summed E-state index contributed by atoms with van der Waals surface area (Å²) in [4.78, 5) is 28.9. The molecule has 0 saturated heterocycles. The quantitative estimate of drug-likeness (QED) is 0.346. The lowest BCUT2D eigenvalue weighted by Crippen LogP contribution is -2.14. The van der Waals surface area contributed by atoms with Crippen LogP contribution >= 0.6 is 27.7 Å². The Bertz CT molecular complexity index is 1240. The van der Waals surface area contributed by atoms with Gasteiger partial charge in [-0.1, -0.05) is 46.7 Å². The van der Waals surface area contributed by atoms with E-state index in [1.165, 1.54) is 19.2 Å². The summed E-state index contributed by atoms with van der Waals surface area (Å²) in [5.74, 6) is -0.904. The van der Waals surface area contributed by atoms with Gasteiger partial charge >= 0.3 is 5.97 Å². The highest BCUT2D eigenvalue weighted by molar-refractivity contribution is 9.10. The number of aliphatic hydroxyl groups is 1. The smallest absolute Gasteiger partial charge is 0.344 e. The molecule has 1 aliphatic rings. The fourth-order valence-corrected chi connectivity index (χ4v) is 4.65. The van der Waals surface area contributed by atoms with E-state index >= 15 is 0 Å². The monoisotopic (exact) mass is 577 g/mol. The molecule has 190 valence electrons. The van der Waals surface area contributed by atoms with Crippen molar-refractivity contribution in [3.8, 4) is 11.5 Å². The van der Waals surface area contributed by atoms with E-state index in [-0.39, 0.29) is 47.7 Å². The second-order valence-corrected chi connectivity index (χ2v) is 9.44. The summed E-state index contributed by atoms with van der Waals surface area (Å²) in [7, 11) is 1.50. The first-order valence-corrected chi connectivity index (χ1v) is 12.7. The normalized spacial score (nSPS) is 15.5. The van der Waals surface area contributed by atoms with Gasteiger partial charge in [0.15, 0.2) is 11.5 Å². The van der Waals surface area contributed by atoms with Gasteiger partial charge in [-0.2, -0.15) is 0 Å². The highest BCUT2D eigenvalue weighted by Crippen LogP contribution is 2.42. The van der Waals surface area contributed by atoms with Crippen LogP contribution in [0.5, 0.6) is 11.5 Å². The Morgan fingerprint density at radius 1 is 1.17 bits per heavy atom. The molecule has 3 rings (SSSR count). The lowest BCUT2D eigenvalue weighted by molar-refractivity contribution is -0.138. The van der Waals surface area contributed by atoms with E-state index in [1.54, 1.807) is 37.3 Å². The van der Waals surface area contributed by atoms with Crippen molar-refractivity contribution >= 4 is 50.7 Å². The third-order valence-electron chi connectivity index (χ3n) is 4.94. The molecule has 0 unspecified atom stereocenters. The van der Waals surface area contributed by atoms with Crippen LogP contribution in [-0.2, 0) is 20.9 Å². The lowest BCUT2D eigenvalue weighted by Gasteiger charge is -2.13. The SMILES string of the molecule is CCCC(=O)N=C1S/C(=C\c2cc(OC)c(OCc3ccc(F)cc3)cc2Br)C(O)=C1C(=O)OCC.